The fourth-order valence-corrected chi connectivity index (χ4v) is 2.94. The summed E-state index contributed by atoms with van der Waals surface area (Å²) in [6, 6.07) is 0. The van der Waals surface area contributed by atoms with Gasteiger partial charge in [0.2, 0.25) is 5.91 Å². The van der Waals surface area contributed by atoms with Gasteiger partial charge in [-0.15, -0.1) is 0 Å². The van der Waals surface area contributed by atoms with Crippen LogP contribution in [0.1, 0.15) is 44.9 Å². The van der Waals surface area contributed by atoms with Gasteiger partial charge in [-0.2, -0.15) is 0 Å². The zero-order chi connectivity index (χ0) is 12.1. The van der Waals surface area contributed by atoms with Gasteiger partial charge in [0, 0.05) is 19.5 Å². The van der Waals surface area contributed by atoms with Crippen LogP contribution >= 0.6 is 0 Å². The SMILES string of the molecule is CNCC1CCN(C(=O)CCC2CCC2)CC1. The number of hydrogen-bond donors (Lipinski definition) is 1. The smallest absolute Gasteiger partial charge is 0.222 e. The first-order valence-electron chi connectivity index (χ1n) is 7.22. The quantitative estimate of drug-likeness (QED) is 0.795. The standard InChI is InChI=1S/C14H26N2O/c1-15-11-13-7-9-16(10-8-13)14(17)6-5-12-3-2-4-12/h12-13,15H,2-11H2,1H3. The Hall–Kier alpha value is -0.570. The van der Waals surface area contributed by atoms with Crippen molar-refractivity contribution in [3.8, 4) is 0 Å². The van der Waals surface area contributed by atoms with Gasteiger partial charge in [-0.1, -0.05) is 19.3 Å². The number of likely N-dealkylation sites (tertiary alicyclic amines) is 1. The van der Waals surface area contributed by atoms with Gasteiger partial charge in [0.15, 0.2) is 0 Å². The molecule has 1 saturated carbocycles. The van der Waals surface area contributed by atoms with E-state index in [1.54, 1.807) is 0 Å². The molecule has 1 aliphatic heterocycles. The number of amides is 1. The molecule has 3 heteroatoms. The Kier molecular flexibility index (Phi) is 4.84. The van der Waals surface area contributed by atoms with Crippen LogP contribution in [0.2, 0.25) is 0 Å². The number of rotatable bonds is 5. The van der Waals surface area contributed by atoms with Crippen molar-refractivity contribution in [3.63, 3.8) is 0 Å². The van der Waals surface area contributed by atoms with E-state index in [4.69, 9.17) is 0 Å². The molecule has 2 rings (SSSR count). The van der Waals surface area contributed by atoms with Gasteiger partial charge in [-0.3, -0.25) is 4.79 Å². The molecule has 17 heavy (non-hydrogen) atoms. The molecule has 2 aliphatic rings. The fourth-order valence-electron chi connectivity index (χ4n) is 2.94. The Bertz CT molecular complexity index is 243. The third kappa shape index (κ3) is 3.70. The van der Waals surface area contributed by atoms with E-state index in [0.717, 1.165) is 44.3 Å². The van der Waals surface area contributed by atoms with Gasteiger partial charge in [0.25, 0.3) is 0 Å². The van der Waals surface area contributed by atoms with Crippen LogP contribution in [0.4, 0.5) is 0 Å². The van der Waals surface area contributed by atoms with Crippen LogP contribution in [-0.2, 0) is 4.79 Å². The number of carbonyl (C=O) groups excluding carboxylic acids is 1. The normalized spacial score (nSPS) is 22.5. The molecule has 0 atom stereocenters. The van der Waals surface area contributed by atoms with Crippen LogP contribution in [-0.4, -0.2) is 37.5 Å². The molecule has 0 spiro atoms. The van der Waals surface area contributed by atoms with Crippen molar-refractivity contribution in [2.45, 2.75) is 44.9 Å². The highest BCUT2D eigenvalue weighted by molar-refractivity contribution is 5.76. The summed E-state index contributed by atoms with van der Waals surface area (Å²) in [5.74, 6) is 2.04. The Morgan fingerprint density at radius 3 is 2.41 bits per heavy atom. The van der Waals surface area contributed by atoms with Crippen LogP contribution in [0, 0.1) is 11.8 Å². The second kappa shape index (κ2) is 6.39. The molecule has 0 bridgehead atoms. The Morgan fingerprint density at radius 1 is 1.18 bits per heavy atom. The van der Waals surface area contributed by atoms with Gasteiger partial charge >= 0.3 is 0 Å². The van der Waals surface area contributed by atoms with Gasteiger partial charge in [0.1, 0.15) is 0 Å². The van der Waals surface area contributed by atoms with Crippen LogP contribution < -0.4 is 5.32 Å². The molecule has 3 nitrogen and oxygen atoms in total. The number of hydrogen-bond acceptors (Lipinski definition) is 2. The second-order valence-corrected chi connectivity index (χ2v) is 5.72. The van der Waals surface area contributed by atoms with Gasteiger partial charge in [0.05, 0.1) is 0 Å². The molecule has 0 unspecified atom stereocenters. The molecule has 1 amide bonds. The number of nitrogens with zero attached hydrogens (tertiary/aromatic N) is 1. The van der Waals surface area contributed by atoms with E-state index < -0.39 is 0 Å². The van der Waals surface area contributed by atoms with Gasteiger partial charge < -0.3 is 10.2 Å². The van der Waals surface area contributed by atoms with E-state index in [1.165, 1.54) is 32.1 Å². The van der Waals surface area contributed by atoms with Crippen LogP contribution in [0.15, 0.2) is 0 Å². The number of carbonyl (C=O) groups is 1. The van der Waals surface area contributed by atoms with E-state index in [0.29, 0.717) is 5.91 Å². The van der Waals surface area contributed by atoms with Crippen LogP contribution in [0.3, 0.4) is 0 Å². The average molecular weight is 238 g/mol. The van der Waals surface area contributed by atoms with Gasteiger partial charge in [-0.05, 0) is 44.7 Å². The van der Waals surface area contributed by atoms with Crippen LogP contribution in [0.5, 0.6) is 0 Å². The van der Waals surface area contributed by atoms with Crippen molar-refractivity contribution in [1.29, 1.82) is 0 Å². The summed E-state index contributed by atoms with van der Waals surface area (Å²) < 4.78 is 0. The van der Waals surface area contributed by atoms with Crippen molar-refractivity contribution >= 4 is 5.91 Å². The summed E-state index contributed by atoms with van der Waals surface area (Å²) >= 11 is 0. The molecule has 0 aromatic carbocycles. The largest absolute Gasteiger partial charge is 0.343 e. The molecule has 1 aliphatic carbocycles. The van der Waals surface area contributed by atoms with E-state index in [1.807, 2.05) is 7.05 Å². The first-order chi connectivity index (χ1) is 8.29. The summed E-state index contributed by atoms with van der Waals surface area (Å²) in [4.78, 5) is 14.1. The highest BCUT2D eigenvalue weighted by Gasteiger charge is 2.24. The third-order valence-electron chi connectivity index (χ3n) is 4.45. The van der Waals surface area contributed by atoms with Crippen molar-refractivity contribution in [1.82, 2.24) is 10.2 Å². The minimum Gasteiger partial charge on any atom is -0.343 e. The van der Waals surface area contributed by atoms with Crippen molar-refractivity contribution in [2.75, 3.05) is 26.7 Å². The summed E-state index contributed by atoms with van der Waals surface area (Å²) in [6.07, 6.45) is 8.38. The predicted octanol–water partition coefficient (Wildman–Crippen LogP) is 2.02. The van der Waals surface area contributed by atoms with Gasteiger partial charge in [-0.25, -0.2) is 0 Å². The first-order valence-corrected chi connectivity index (χ1v) is 7.22. The maximum atomic E-state index is 12.0. The highest BCUT2D eigenvalue weighted by atomic mass is 16.2. The maximum absolute atomic E-state index is 12.0. The lowest BCUT2D eigenvalue weighted by molar-refractivity contribution is -0.133. The second-order valence-electron chi connectivity index (χ2n) is 5.72. The topological polar surface area (TPSA) is 32.3 Å². The van der Waals surface area contributed by atoms with E-state index in [9.17, 15) is 4.79 Å². The number of nitrogens with one attached hydrogen (secondary N) is 1. The summed E-state index contributed by atoms with van der Waals surface area (Å²) in [7, 11) is 2.01. The molecule has 1 heterocycles. The molecular weight excluding hydrogens is 212 g/mol. The first kappa shape index (κ1) is 12.9. The molecule has 0 aromatic heterocycles. The Balaban J connectivity index is 1.63. The van der Waals surface area contributed by atoms with E-state index >= 15 is 0 Å². The monoisotopic (exact) mass is 238 g/mol. The third-order valence-corrected chi connectivity index (χ3v) is 4.45. The lowest BCUT2D eigenvalue weighted by Crippen LogP contribution is -2.40. The zero-order valence-electron chi connectivity index (χ0n) is 11.1. The summed E-state index contributed by atoms with van der Waals surface area (Å²) in [6.45, 7) is 3.07. The molecule has 0 radical (unpaired) electrons. The summed E-state index contributed by atoms with van der Waals surface area (Å²) in [5, 5.41) is 3.23. The van der Waals surface area contributed by atoms with E-state index in [-0.39, 0.29) is 0 Å². The van der Waals surface area contributed by atoms with Crippen molar-refractivity contribution < 1.29 is 4.79 Å². The Labute approximate surface area is 105 Å². The lowest BCUT2D eigenvalue weighted by atomic mass is 9.82. The minimum atomic E-state index is 0.403. The minimum absolute atomic E-state index is 0.403. The molecular formula is C14H26N2O. The van der Waals surface area contributed by atoms with Crippen LogP contribution in [0.25, 0.3) is 0 Å². The molecule has 1 N–H and O–H groups in total. The fraction of sp³-hybridized carbons (Fsp3) is 0.929. The lowest BCUT2D eigenvalue weighted by Gasteiger charge is -2.33. The highest BCUT2D eigenvalue weighted by Crippen LogP contribution is 2.30. The molecule has 2 fully saturated rings. The summed E-state index contributed by atoms with van der Waals surface area (Å²) in [5.41, 5.74) is 0. The zero-order valence-corrected chi connectivity index (χ0v) is 11.1. The molecule has 98 valence electrons. The Morgan fingerprint density at radius 2 is 1.88 bits per heavy atom. The maximum Gasteiger partial charge on any atom is 0.222 e. The average Bonchev–Trinajstić information content (AvgIpc) is 2.28. The van der Waals surface area contributed by atoms with Crippen molar-refractivity contribution in [2.24, 2.45) is 11.8 Å². The molecule has 1 saturated heterocycles. The van der Waals surface area contributed by atoms with E-state index in [2.05, 4.69) is 10.2 Å². The predicted molar refractivity (Wildman–Crippen MR) is 69.8 cm³/mol. The molecule has 0 aromatic rings. The van der Waals surface area contributed by atoms with Crippen molar-refractivity contribution in [3.05, 3.63) is 0 Å². The number of piperidine rings is 1.